The molecule has 1 aliphatic carbocycles. The summed E-state index contributed by atoms with van der Waals surface area (Å²) in [5, 5.41) is 0. The van der Waals surface area contributed by atoms with Gasteiger partial charge in [-0.05, 0) is 18.6 Å². The minimum atomic E-state index is 0.0377. The number of carbonyl (C=O) groups is 1. The van der Waals surface area contributed by atoms with Crippen LogP contribution in [0, 0.1) is 5.92 Å². The lowest BCUT2D eigenvalue weighted by Crippen LogP contribution is -2.56. The molecule has 3 aliphatic heterocycles. The van der Waals surface area contributed by atoms with E-state index >= 15 is 0 Å². The van der Waals surface area contributed by atoms with Gasteiger partial charge in [-0.2, -0.15) is 0 Å². The van der Waals surface area contributed by atoms with Gasteiger partial charge in [0, 0.05) is 49.2 Å². The van der Waals surface area contributed by atoms with Gasteiger partial charge in [0.15, 0.2) is 0 Å². The van der Waals surface area contributed by atoms with E-state index in [2.05, 4.69) is 56.3 Å². The summed E-state index contributed by atoms with van der Waals surface area (Å²) >= 11 is 0. The van der Waals surface area contributed by atoms with Crippen molar-refractivity contribution in [2.75, 3.05) is 32.1 Å². The Morgan fingerprint density at radius 1 is 1.28 bits per heavy atom. The van der Waals surface area contributed by atoms with E-state index in [1.807, 2.05) is 0 Å². The topological polar surface area (TPSA) is 20.3 Å². The second kappa shape index (κ2) is 4.85. The zero-order valence-electron chi connectivity index (χ0n) is 15.5. The second-order valence-corrected chi connectivity index (χ2v) is 8.56. The molecule has 2 saturated heterocycles. The van der Waals surface area contributed by atoms with Crippen molar-refractivity contribution in [3.8, 4) is 0 Å². The quantitative estimate of drug-likeness (QED) is 0.445. The van der Waals surface area contributed by atoms with Crippen molar-refractivity contribution in [2.45, 2.75) is 37.6 Å². The molecule has 2 bridgehead atoms. The van der Waals surface area contributed by atoms with E-state index in [1.165, 1.54) is 48.3 Å². The van der Waals surface area contributed by atoms with Gasteiger partial charge in [0.2, 0.25) is 0 Å². The van der Waals surface area contributed by atoms with Crippen LogP contribution in [0.25, 0.3) is 0 Å². The maximum Gasteiger partial charge on any atom is 0.148 e. The number of rotatable bonds is 1. The van der Waals surface area contributed by atoms with E-state index in [4.69, 9.17) is 0 Å². The Balaban J connectivity index is 1.87. The standard InChI is InChI=1S/C22H27N2O/c1-4-15-9-11-24(3)12-10-22-18-7-5-6-8-19(18)23(2)21(22)17(14-25)16(15)13-20(22)24/h4-8,14,16,20H,9-13H2,1-3H3/q+1/b15-4+/t16-,20+,22+,24+/m0/s1. The molecule has 4 atom stereocenters. The molecule has 25 heavy (non-hydrogen) atoms. The summed E-state index contributed by atoms with van der Waals surface area (Å²) in [7, 11) is 4.63. The third kappa shape index (κ3) is 1.63. The third-order valence-electron chi connectivity index (χ3n) is 7.81. The molecule has 0 radical (unpaired) electrons. The van der Waals surface area contributed by atoms with Crippen molar-refractivity contribution >= 4 is 12.0 Å². The molecule has 3 heterocycles. The first kappa shape index (κ1) is 15.4. The Hall–Kier alpha value is -1.87. The molecular formula is C22H27N2O+. The van der Waals surface area contributed by atoms with E-state index in [0.29, 0.717) is 12.0 Å². The zero-order chi connectivity index (χ0) is 17.4. The lowest BCUT2D eigenvalue weighted by molar-refractivity contribution is -0.922. The Bertz CT molecular complexity index is 838. The van der Waals surface area contributed by atoms with Gasteiger partial charge in [-0.1, -0.05) is 29.8 Å². The van der Waals surface area contributed by atoms with Gasteiger partial charge in [0.05, 0.1) is 25.6 Å². The van der Waals surface area contributed by atoms with Crippen LogP contribution in [-0.4, -0.2) is 44.0 Å². The van der Waals surface area contributed by atoms with Crippen molar-refractivity contribution in [1.82, 2.24) is 0 Å². The molecule has 1 aromatic rings. The van der Waals surface area contributed by atoms with Crippen LogP contribution < -0.4 is 4.90 Å². The SMILES string of the molecule is C/C=C1\CC[N@+]2(C)CC[C@]34C(=C(C=O)[C@H]1C[C@H]32)N(C)c1ccccc14. The first-order chi connectivity index (χ1) is 12.1. The first-order valence-electron chi connectivity index (χ1n) is 9.59. The molecule has 5 rings (SSSR count). The normalized spacial score (nSPS) is 40.1. The lowest BCUT2D eigenvalue weighted by Gasteiger charge is -2.45. The average Bonchev–Trinajstić information content (AvgIpc) is 3.02. The summed E-state index contributed by atoms with van der Waals surface area (Å²) in [5.74, 6) is 0.311. The number of carbonyl (C=O) groups excluding carboxylic acids is 1. The highest BCUT2D eigenvalue weighted by atomic mass is 16.1. The maximum atomic E-state index is 12.3. The molecule has 130 valence electrons. The van der Waals surface area contributed by atoms with Crippen LogP contribution in [0.1, 0.15) is 31.7 Å². The molecule has 0 amide bonds. The first-order valence-corrected chi connectivity index (χ1v) is 9.59. The number of likely N-dealkylation sites (N-methyl/N-ethyl adjacent to an activating group) is 2. The van der Waals surface area contributed by atoms with E-state index in [-0.39, 0.29) is 5.41 Å². The molecule has 4 aliphatic rings. The van der Waals surface area contributed by atoms with Crippen LogP contribution in [0.15, 0.2) is 47.2 Å². The summed E-state index contributed by atoms with van der Waals surface area (Å²) in [5.41, 5.74) is 6.64. The van der Waals surface area contributed by atoms with Gasteiger partial charge < -0.3 is 9.38 Å². The Morgan fingerprint density at radius 3 is 2.84 bits per heavy atom. The van der Waals surface area contributed by atoms with Crippen molar-refractivity contribution in [3.63, 3.8) is 0 Å². The van der Waals surface area contributed by atoms with Gasteiger partial charge in [0.1, 0.15) is 12.3 Å². The number of para-hydroxylation sites is 1. The van der Waals surface area contributed by atoms with Crippen LogP contribution in [-0.2, 0) is 10.2 Å². The Labute approximate surface area is 150 Å². The number of aldehydes is 1. The largest absolute Gasteiger partial charge is 0.346 e. The molecule has 1 spiro atoms. The highest BCUT2D eigenvalue weighted by molar-refractivity contribution is 5.85. The Morgan fingerprint density at radius 2 is 2.08 bits per heavy atom. The number of allylic oxidation sites excluding steroid dienone is 2. The highest BCUT2D eigenvalue weighted by Gasteiger charge is 2.66. The number of fused-ring (bicyclic) bond motifs is 2. The summed E-state index contributed by atoms with van der Waals surface area (Å²) in [6, 6.07) is 9.43. The fourth-order valence-electron chi connectivity index (χ4n) is 6.65. The van der Waals surface area contributed by atoms with Crippen LogP contribution in [0.2, 0.25) is 0 Å². The van der Waals surface area contributed by atoms with Crippen LogP contribution in [0.4, 0.5) is 5.69 Å². The lowest BCUT2D eigenvalue weighted by atomic mass is 9.63. The average molecular weight is 335 g/mol. The van der Waals surface area contributed by atoms with Crippen molar-refractivity contribution < 1.29 is 9.28 Å². The number of hydrogen-bond acceptors (Lipinski definition) is 2. The number of nitrogens with zero attached hydrogens (tertiary/aromatic N) is 2. The maximum absolute atomic E-state index is 12.3. The van der Waals surface area contributed by atoms with Crippen LogP contribution in [0.5, 0.6) is 0 Å². The molecule has 3 heteroatoms. The molecule has 0 saturated carbocycles. The summed E-state index contributed by atoms with van der Waals surface area (Å²) in [4.78, 5) is 14.6. The van der Waals surface area contributed by atoms with E-state index in [9.17, 15) is 4.79 Å². The predicted molar refractivity (Wildman–Crippen MR) is 100 cm³/mol. The molecule has 1 aromatic carbocycles. The van der Waals surface area contributed by atoms with Gasteiger partial charge in [-0.3, -0.25) is 4.79 Å². The van der Waals surface area contributed by atoms with Crippen LogP contribution in [0.3, 0.4) is 0 Å². The number of hydrogen-bond donors (Lipinski definition) is 0. The molecule has 0 aromatic heterocycles. The molecule has 2 fully saturated rings. The second-order valence-electron chi connectivity index (χ2n) is 8.56. The number of benzene rings is 1. The predicted octanol–water partition coefficient (Wildman–Crippen LogP) is 3.42. The fourth-order valence-corrected chi connectivity index (χ4v) is 6.65. The number of anilines is 1. The van der Waals surface area contributed by atoms with E-state index < -0.39 is 0 Å². The van der Waals surface area contributed by atoms with E-state index in [1.54, 1.807) is 0 Å². The molecule has 0 unspecified atom stereocenters. The summed E-state index contributed by atoms with van der Waals surface area (Å²) < 4.78 is 1.16. The van der Waals surface area contributed by atoms with Gasteiger partial charge in [-0.15, -0.1) is 0 Å². The fraction of sp³-hybridized carbons (Fsp3) is 0.500. The third-order valence-corrected chi connectivity index (χ3v) is 7.81. The summed E-state index contributed by atoms with van der Waals surface area (Å²) in [6.07, 6.45) is 6.87. The van der Waals surface area contributed by atoms with Gasteiger partial charge in [-0.25, -0.2) is 0 Å². The minimum Gasteiger partial charge on any atom is -0.346 e. The highest BCUT2D eigenvalue weighted by Crippen LogP contribution is 2.63. The number of quaternary nitrogens is 1. The van der Waals surface area contributed by atoms with Gasteiger partial charge >= 0.3 is 0 Å². The minimum absolute atomic E-state index is 0.0377. The van der Waals surface area contributed by atoms with Gasteiger partial charge in [0.25, 0.3) is 0 Å². The Kier molecular flexibility index (Phi) is 2.99. The van der Waals surface area contributed by atoms with E-state index in [0.717, 1.165) is 22.9 Å². The summed E-state index contributed by atoms with van der Waals surface area (Å²) in [6.45, 7) is 4.56. The smallest absolute Gasteiger partial charge is 0.148 e. The van der Waals surface area contributed by atoms with Crippen LogP contribution >= 0.6 is 0 Å². The van der Waals surface area contributed by atoms with Crippen molar-refractivity contribution in [3.05, 3.63) is 52.7 Å². The molecule has 0 N–H and O–H groups in total. The zero-order valence-corrected chi connectivity index (χ0v) is 15.5. The van der Waals surface area contributed by atoms with Crippen molar-refractivity contribution in [2.24, 2.45) is 5.92 Å². The molecular weight excluding hydrogens is 308 g/mol. The molecule has 3 nitrogen and oxygen atoms in total. The monoisotopic (exact) mass is 335 g/mol. The van der Waals surface area contributed by atoms with Crippen molar-refractivity contribution in [1.29, 1.82) is 0 Å².